The van der Waals surface area contributed by atoms with Gasteiger partial charge in [-0.2, -0.15) is 5.10 Å². The van der Waals surface area contributed by atoms with Crippen molar-refractivity contribution >= 4 is 5.82 Å². The number of ether oxygens (including phenoxy) is 1. The quantitative estimate of drug-likeness (QED) is 0.853. The van der Waals surface area contributed by atoms with E-state index in [4.69, 9.17) is 15.6 Å². The Morgan fingerprint density at radius 3 is 2.33 bits per heavy atom. The first kappa shape index (κ1) is 17.8. The van der Waals surface area contributed by atoms with Gasteiger partial charge < -0.3 is 10.5 Å². The number of anilines is 1. The van der Waals surface area contributed by atoms with E-state index < -0.39 is 0 Å². The summed E-state index contributed by atoms with van der Waals surface area (Å²) < 4.78 is 8.40. The van der Waals surface area contributed by atoms with Crippen molar-refractivity contribution in [2.45, 2.75) is 97.3 Å². The van der Waals surface area contributed by atoms with Crippen LogP contribution in [0.4, 0.5) is 5.82 Å². The molecule has 1 aromatic rings. The molecule has 0 radical (unpaired) electrons. The molecule has 2 heterocycles. The highest BCUT2D eigenvalue weighted by atomic mass is 16.5. The lowest BCUT2D eigenvalue weighted by Gasteiger charge is -2.28. The molecule has 1 saturated carbocycles. The molecule has 1 saturated heterocycles. The molecule has 0 aromatic carbocycles. The zero-order chi connectivity index (χ0) is 17.7. The molecular formula is C20H35N3O. The third kappa shape index (κ3) is 3.49. The van der Waals surface area contributed by atoms with Crippen molar-refractivity contribution in [3.05, 3.63) is 11.8 Å². The van der Waals surface area contributed by atoms with E-state index in [0.29, 0.717) is 24.0 Å². The third-order valence-electron chi connectivity index (χ3n) is 5.83. The zero-order valence-corrected chi connectivity index (χ0v) is 16.3. The van der Waals surface area contributed by atoms with Gasteiger partial charge in [0.05, 0.1) is 23.4 Å². The van der Waals surface area contributed by atoms with Gasteiger partial charge in [-0.05, 0) is 64.2 Å². The van der Waals surface area contributed by atoms with E-state index in [0.717, 1.165) is 5.82 Å². The van der Waals surface area contributed by atoms with Crippen LogP contribution in [0.5, 0.6) is 0 Å². The number of hydrogen-bond donors (Lipinski definition) is 1. The standard InChI is InChI=1S/C20H35N3O/c1-19(2,3)17-10-9-16(24-17)14-8-7-13(11-14)15-12-18(21)23(22-15)20(4,5)6/h12-14,16-17H,7-11,21H2,1-6H3. The minimum absolute atomic E-state index is 0.0607. The second kappa shape index (κ2) is 6.05. The summed E-state index contributed by atoms with van der Waals surface area (Å²) in [5.74, 6) is 2.01. The summed E-state index contributed by atoms with van der Waals surface area (Å²) in [4.78, 5) is 0. The topological polar surface area (TPSA) is 53.1 Å². The SMILES string of the molecule is CC(C)(C)C1CCC(C2CCC(c3cc(N)n(C(C)(C)C)n3)C2)O1. The van der Waals surface area contributed by atoms with E-state index in [1.54, 1.807) is 0 Å². The molecule has 4 heteroatoms. The Balaban J connectivity index is 1.64. The zero-order valence-electron chi connectivity index (χ0n) is 16.3. The number of nitrogens with two attached hydrogens (primary N) is 1. The molecule has 4 nitrogen and oxygen atoms in total. The van der Waals surface area contributed by atoms with Crippen molar-refractivity contribution in [2.75, 3.05) is 5.73 Å². The maximum absolute atomic E-state index is 6.43. The van der Waals surface area contributed by atoms with Crippen LogP contribution in [-0.4, -0.2) is 22.0 Å². The van der Waals surface area contributed by atoms with Crippen LogP contribution in [0.3, 0.4) is 0 Å². The molecule has 1 aromatic heterocycles. The van der Waals surface area contributed by atoms with Crippen LogP contribution in [0, 0.1) is 11.3 Å². The molecule has 0 bridgehead atoms. The summed E-state index contributed by atoms with van der Waals surface area (Å²) in [5, 5.41) is 4.83. The highest BCUT2D eigenvalue weighted by molar-refractivity contribution is 5.34. The highest BCUT2D eigenvalue weighted by Crippen LogP contribution is 2.45. The normalized spacial score (nSPS) is 31.8. The Labute approximate surface area is 147 Å². The summed E-state index contributed by atoms with van der Waals surface area (Å²) in [6.07, 6.45) is 6.96. The first-order valence-electron chi connectivity index (χ1n) is 9.57. The molecule has 1 aliphatic heterocycles. The van der Waals surface area contributed by atoms with Gasteiger partial charge in [-0.3, -0.25) is 0 Å². The van der Waals surface area contributed by atoms with Crippen LogP contribution in [0.2, 0.25) is 0 Å². The molecule has 3 rings (SSSR count). The molecule has 2 fully saturated rings. The van der Waals surface area contributed by atoms with Gasteiger partial charge >= 0.3 is 0 Å². The Hall–Kier alpha value is -1.03. The van der Waals surface area contributed by atoms with Gasteiger partial charge in [-0.25, -0.2) is 4.68 Å². The second-order valence-corrected chi connectivity index (χ2v) is 9.95. The molecule has 2 N–H and O–H groups in total. The van der Waals surface area contributed by atoms with Crippen LogP contribution in [0.1, 0.15) is 85.3 Å². The average Bonchev–Trinajstić information content (AvgIpc) is 3.14. The number of rotatable bonds is 2. The lowest BCUT2D eigenvalue weighted by Crippen LogP contribution is -2.28. The Kier molecular flexibility index (Phi) is 4.48. The van der Waals surface area contributed by atoms with Gasteiger partial charge in [0.1, 0.15) is 5.82 Å². The largest absolute Gasteiger partial charge is 0.384 e. The van der Waals surface area contributed by atoms with E-state index >= 15 is 0 Å². The lowest BCUT2D eigenvalue weighted by atomic mass is 9.87. The molecule has 0 amide bonds. The summed E-state index contributed by atoms with van der Waals surface area (Å²) in [5.41, 5.74) is 7.57. The van der Waals surface area contributed by atoms with Crippen molar-refractivity contribution in [3.8, 4) is 0 Å². The summed E-state index contributed by atoms with van der Waals surface area (Å²) >= 11 is 0. The van der Waals surface area contributed by atoms with E-state index in [9.17, 15) is 0 Å². The molecule has 2 aliphatic rings. The van der Waals surface area contributed by atoms with Gasteiger partial charge in [0.25, 0.3) is 0 Å². The summed E-state index contributed by atoms with van der Waals surface area (Å²) in [7, 11) is 0. The predicted molar refractivity (Wildman–Crippen MR) is 99.1 cm³/mol. The van der Waals surface area contributed by atoms with Gasteiger partial charge in [0.2, 0.25) is 0 Å². The number of nitrogens with zero attached hydrogens (tertiary/aromatic N) is 2. The first-order valence-corrected chi connectivity index (χ1v) is 9.57. The molecule has 0 spiro atoms. The van der Waals surface area contributed by atoms with Crippen LogP contribution in [-0.2, 0) is 10.3 Å². The van der Waals surface area contributed by atoms with E-state index in [2.05, 4.69) is 47.6 Å². The Morgan fingerprint density at radius 2 is 1.79 bits per heavy atom. The van der Waals surface area contributed by atoms with Crippen LogP contribution in [0.25, 0.3) is 0 Å². The molecule has 24 heavy (non-hydrogen) atoms. The summed E-state index contributed by atoms with van der Waals surface area (Å²) in [6, 6.07) is 2.09. The van der Waals surface area contributed by atoms with Crippen molar-refractivity contribution in [1.82, 2.24) is 9.78 Å². The van der Waals surface area contributed by atoms with Crippen LogP contribution >= 0.6 is 0 Å². The highest BCUT2D eigenvalue weighted by Gasteiger charge is 2.40. The van der Waals surface area contributed by atoms with Crippen LogP contribution in [0.15, 0.2) is 6.07 Å². The minimum atomic E-state index is -0.0607. The summed E-state index contributed by atoms with van der Waals surface area (Å²) in [6.45, 7) is 13.3. The van der Waals surface area contributed by atoms with E-state index in [1.165, 1.54) is 37.8 Å². The number of nitrogen functional groups attached to an aromatic ring is 1. The minimum Gasteiger partial charge on any atom is -0.384 e. The first-order chi connectivity index (χ1) is 11.1. The van der Waals surface area contributed by atoms with Crippen molar-refractivity contribution < 1.29 is 4.74 Å². The van der Waals surface area contributed by atoms with Crippen molar-refractivity contribution in [2.24, 2.45) is 11.3 Å². The number of hydrogen-bond acceptors (Lipinski definition) is 3. The molecule has 4 unspecified atom stereocenters. The second-order valence-electron chi connectivity index (χ2n) is 9.95. The van der Waals surface area contributed by atoms with E-state index in [-0.39, 0.29) is 11.0 Å². The molecule has 1 aliphatic carbocycles. The molecule has 136 valence electrons. The monoisotopic (exact) mass is 333 g/mol. The third-order valence-corrected chi connectivity index (χ3v) is 5.83. The molecular weight excluding hydrogens is 298 g/mol. The van der Waals surface area contributed by atoms with Crippen molar-refractivity contribution in [3.63, 3.8) is 0 Å². The maximum Gasteiger partial charge on any atom is 0.122 e. The number of aromatic nitrogens is 2. The average molecular weight is 334 g/mol. The Morgan fingerprint density at radius 1 is 1.08 bits per heavy atom. The van der Waals surface area contributed by atoms with Gasteiger partial charge in [0, 0.05) is 12.0 Å². The van der Waals surface area contributed by atoms with Gasteiger partial charge in [-0.1, -0.05) is 20.8 Å². The van der Waals surface area contributed by atoms with Crippen molar-refractivity contribution in [1.29, 1.82) is 0 Å². The fraction of sp³-hybridized carbons (Fsp3) is 0.850. The fourth-order valence-electron chi connectivity index (χ4n) is 4.42. The fourth-order valence-corrected chi connectivity index (χ4v) is 4.42. The Bertz CT molecular complexity index is 579. The van der Waals surface area contributed by atoms with Crippen LogP contribution < -0.4 is 5.73 Å². The van der Waals surface area contributed by atoms with Gasteiger partial charge in [0.15, 0.2) is 0 Å². The molecule has 4 atom stereocenters. The van der Waals surface area contributed by atoms with Gasteiger partial charge in [-0.15, -0.1) is 0 Å². The lowest BCUT2D eigenvalue weighted by molar-refractivity contribution is -0.0375. The smallest absolute Gasteiger partial charge is 0.122 e. The van der Waals surface area contributed by atoms with E-state index in [1.807, 2.05) is 4.68 Å². The maximum atomic E-state index is 6.43. The predicted octanol–water partition coefficient (Wildman–Crippen LogP) is 4.70.